The van der Waals surface area contributed by atoms with Crippen molar-refractivity contribution in [2.45, 2.75) is 32.6 Å². The quantitative estimate of drug-likeness (QED) is 0.827. The predicted octanol–water partition coefficient (Wildman–Crippen LogP) is 4.52. The lowest BCUT2D eigenvalue weighted by Crippen LogP contribution is -2.34. The molecule has 1 aliphatic carbocycles. The maximum atomic E-state index is 12.2. The van der Waals surface area contributed by atoms with Gasteiger partial charge in [-0.3, -0.25) is 4.79 Å². The monoisotopic (exact) mass is 373 g/mol. The Bertz CT molecular complexity index is 453. The molecular weight excluding hydrogens is 358 g/mol. The van der Waals surface area contributed by atoms with Crippen LogP contribution in [0.25, 0.3) is 0 Å². The first-order chi connectivity index (χ1) is 8.50. The van der Waals surface area contributed by atoms with Crippen LogP contribution >= 0.6 is 31.9 Å². The van der Waals surface area contributed by atoms with Crippen LogP contribution in [-0.2, 0) is 0 Å². The number of benzene rings is 1. The minimum Gasteiger partial charge on any atom is -0.351 e. The molecule has 0 radical (unpaired) electrons. The molecule has 1 aliphatic rings. The minimum atomic E-state index is -0.00343. The van der Waals surface area contributed by atoms with Gasteiger partial charge in [-0.25, -0.2) is 0 Å². The molecule has 98 valence electrons. The molecule has 0 bridgehead atoms. The van der Waals surface area contributed by atoms with Crippen molar-refractivity contribution in [2.24, 2.45) is 5.41 Å². The van der Waals surface area contributed by atoms with Crippen molar-refractivity contribution in [1.29, 1.82) is 0 Å². The highest BCUT2D eigenvalue weighted by Gasteiger charge is 2.29. The molecule has 0 unspecified atom stereocenters. The third kappa shape index (κ3) is 3.35. The molecule has 1 aromatic rings. The number of carbonyl (C=O) groups excluding carboxylic acids is 1. The summed E-state index contributed by atoms with van der Waals surface area (Å²) in [5.74, 6) is -0.00343. The molecular formula is C14H17Br2NO. The Labute approximate surface area is 125 Å². The van der Waals surface area contributed by atoms with Crippen LogP contribution in [0.5, 0.6) is 0 Å². The maximum Gasteiger partial charge on any atom is 0.252 e. The molecule has 0 atom stereocenters. The van der Waals surface area contributed by atoms with Gasteiger partial charge in [-0.05, 0) is 52.4 Å². The largest absolute Gasteiger partial charge is 0.351 e. The van der Waals surface area contributed by atoms with Crippen LogP contribution in [0.2, 0.25) is 0 Å². The van der Waals surface area contributed by atoms with Crippen molar-refractivity contribution in [1.82, 2.24) is 5.32 Å². The van der Waals surface area contributed by atoms with Gasteiger partial charge in [0.1, 0.15) is 0 Å². The molecule has 1 N–H and O–H groups in total. The van der Waals surface area contributed by atoms with Crippen molar-refractivity contribution >= 4 is 37.8 Å². The van der Waals surface area contributed by atoms with Gasteiger partial charge < -0.3 is 5.32 Å². The van der Waals surface area contributed by atoms with Gasteiger partial charge in [-0.2, -0.15) is 0 Å². The molecule has 1 amide bonds. The Hall–Kier alpha value is -0.350. The van der Waals surface area contributed by atoms with Crippen LogP contribution in [0.15, 0.2) is 27.1 Å². The van der Waals surface area contributed by atoms with E-state index in [1.807, 2.05) is 18.2 Å². The summed E-state index contributed by atoms with van der Waals surface area (Å²) in [6.45, 7) is 3.03. The smallest absolute Gasteiger partial charge is 0.252 e. The van der Waals surface area contributed by atoms with Crippen LogP contribution in [0.3, 0.4) is 0 Å². The molecule has 0 aliphatic heterocycles. The molecule has 0 aromatic heterocycles. The molecule has 1 fully saturated rings. The van der Waals surface area contributed by atoms with E-state index in [0.717, 1.165) is 15.5 Å². The number of rotatable bonds is 3. The summed E-state index contributed by atoms with van der Waals surface area (Å²) in [7, 11) is 0. The second-order valence-electron chi connectivity index (χ2n) is 5.32. The van der Waals surface area contributed by atoms with E-state index in [2.05, 4.69) is 44.1 Å². The lowest BCUT2D eigenvalue weighted by Gasteiger charge is -2.23. The molecule has 1 saturated carbocycles. The fourth-order valence-corrected chi connectivity index (χ4v) is 3.25. The number of amides is 1. The van der Waals surface area contributed by atoms with E-state index < -0.39 is 0 Å². The number of nitrogens with one attached hydrogen (secondary N) is 1. The van der Waals surface area contributed by atoms with Gasteiger partial charge in [0.15, 0.2) is 0 Å². The predicted molar refractivity (Wildman–Crippen MR) is 80.8 cm³/mol. The summed E-state index contributed by atoms with van der Waals surface area (Å²) in [4.78, 5) is 12.2. The van der Waals surface area contributed by atoms with Crippen LogP contribution in [-0.4, -0.2) is 12.5 Å². The number of halogens is 2. The third-order valence-corrected chi connectivity index (χ3v) is 4.84. The van der Waals surface area contributed by atoms with Crippen molar-refractivity contribution in [3.05, 3.63) is 32.7 Å². The van der Waals surface area contributed by atoms with E-state index in [1.54, 1.807) is 0 Å². The van der Waals surface area contributed by atoms with Gasteiger partial charge in [-0.15, -0.1) is 0 Å². The molecule has 2 nitrogen and oxygen atoms in total. The normalized spacial score (nSPS) is 17.7. The minimum absolute atomic E-state index is 0.00343. The first kappa shape index (κ1) is 14.1. The van der Waals surface area contributed by atoms with E-state index in [-0.39, 0.29) is 11.3 Å². The summed E-state index contributed by atoms with van der Waals surface area (Å²) >= 11 is 6.81. The van der Waals surface area contributed by atoms with Crippen molar-refractivity contribution in [3.63, 3.8) is 0 Å². The second-order valence-corrected chi connectivity index (χ2v) is 7.09. The molecule has 0 heterocycles. The average molecular weight is 375 g/mol. The van der Waals surface area contributed by atoms with Gasteiger partial charge in [0.05, 0.1) is 5.56 Å². The van der Waals surface area contributed by atoms with Crippen LogP contribution < -0.4 is 5.32 Å². The highest BCUT2D eigenvalue weighted by atomic mass is 79.9. The summed E-state index contributed by atoms with van der Waals surface area (Å²) in [6, 6.07) is 5.64. The maximum absolute atomic E-state index is 12.2. The van der Waals surface area contributed by atoms with Crippen molar-refractivity contribution in [3.8, 4) is 0 Å². The first-order valence-electron chi connectivity index (χ1n) is 6.23. The number of hydrogen-bond donors (Lipinski definition) is 1. The number of carbonyl (C=O) groups is 1. The molecule has 0 spiro atoms. The Morgan fingerprint density at radius 3 is 2.67 bits per heavy atom. The zero-order chi connectivity index (χ0) is 13.2. The van der Waals surface area contributed by atoms with E-state index in [0.29, 0.717) is 5.56 Å². The Balaban J connectivity index is 2.01. The Morgan fingerprint density at radius 2 is 2.00 bits per heavy atom. The van der Waals surface area contributed by atoms with Gasteiger partial charge >= 0.3 is 0 Å². The molecule has 0 saturated heterocycles. The standard InChI is InChI=1S/C14H17Br2NO/c1-14(6-2-3-7-14)9-17-13(18)11-8-10(15)4-5-12(11)16/h4-5,8H,2-3,6-7,9H2,1H3,(H,17,18). The zero-order valence-electron chi connectivity index (χ0n) is 10.4. The van der Waals surface area contributed by atoms with E-state index >= 15 is 0 Å². The molecule has 4 heteroatoms. The average Bonchev–Trinajstić information content (AvgIpc) is 2.77. The zero-order valence-corrected chi connectivity index (χ0v) is 13.6. The topological polar surface area (TPSA) is 29.1 Å². The van der Waals surface area contributed by atoms with E-state index in [4.69, 9.17) is 0 Å². The SMILES string of the molecule is CC1(CNC(=O)c2cc(Br)ccc2Br)CCCC1. The highest BCUT2D eigenvalue weighted by Crippen LogP contribution is 2.36. The van der Waals surface area contributed by atoms with Crippen molar-refractivity contribution in [2.75, 3.05) is 6.54 Å². The van der Waals surface area contributed by atoms with Crippen LogP contribution in [0, 0.1) is 5.41 Å². The van der Waals surface area contributed by atoms with E-state index in [1.165, 1.54) is 25.7 Å². The Kier molecular flexibility index (Phi) is 4.49. The summed E-state index contributed by atoms with van der Waals surface area (Å²) in [5, 5.41) is 3.06. The van der Waals surface area contributed by atoms with E-state index in [9.17, 15) is 4.79 Å². The van der Waals surface area contributed by atoms with Gasteiger partial charge in [0.25, 0.3) is 5.91 Å². The molecule has 2 rings (SSSR count). The Morgan fingerprint density at radius 1 is 1.33 bits per heavy atom. The third-order valence-electron chi connectivity index (χ3n) is 3.66. The summed E-state index contributed by atoms with van der Waals surface area (Å²) < 4.78 is 1.75. The second kappa shape index (κ2) is 5.74. The van der Waals surface area contributed by atoms with Gasteiger partial charge in [-0.1, -0.05) is 35.7 Å². The van der Waals surface area contributed by atoms with Crippen molar-refractivity contribution < 1.29 is 4.79 Å². The fraction of sp³-hybridized carbons (Fsp3) is 0.500. The van der Waals surface area contributed by atoms with Crippen LogP contribution in [0.1, 0.15) is 43.0 Å². The molecule has 1 aromatic carbocycles. The van der Waals surface area contributed by atoms with Gasteiger partial charge in [0, 0.05) is 15.5 Å². The lowest BCUT2D eigenvalue weighted by atomic mass is 9.89. The first-order valence-corrected chi connectivity index (χ1v) is 7.82. The highest BCUT2D eigenvalue weighted by molar-refractivity contribution is 9.11. The van der Waals surface area contributed by atoms with Crippen LogP contribution in [0.4, 0.5) is 0 Å². The molecule has 18 heavy (non-hydrogen) atoms. The number of hydrogen-bond acceptors (Lipinski definition) is 1. The van der Waals surface area contributed by atoms with Gasteiger partial charge in [0.2, 0.25) is 0 Å². The lowest BCUT2D eigenvalue weighted by molar-refractivity contribution is 0.0933. The summed E-state index contributed by atoms with van der Waals surface area (Å²) in [6.07, 6.45) is 5.00. The fourth-order valence-electron chi connectivity index (χ4n) is 2.47. The summed E-state index contributed by atoms with van der Waals surface area (Å²) in [5.41, 5.74) is 0.972.